The van der Waals surface area contributed by atoms with Gasteiger partial charge in [0.05, 0.1) is 16.3 Å². The van der Waals surface area contributed by atoms with Crippen LogP contribution in [0.15, 0.2) is 30.5 Å². The molecule has 2 aromatic rings. The van der Waals surface area contributed by atoms with Crippen LogP contribution in [0, 0.1) is 18.3 Å². The second kappa shape index (κ2) is 4.55. The van der Waals surface area contributed by atoms with Gasteiger partial charge in [0.15, 0.2) is 0 Å². The van der Waals surface area contributed by atoms with Crippen LogP contribution in [0.4, 0.5) is 0 Å². The third-order valence-corrected chi connectivity index (χ3v) is 2.87. The molecule has 0 saturated carbocycles. The van der Waals surface area contributed by atoms with E-state index < -0.39 is 5.97 Å². The van der Waals surface area contributed by atoms with Crippen LogP contribution in [0.1, 0.15) is 21.6 Å². The number of aromatic nitrogens is 1. The molecule has 0 aliphatic rings. The average Bonchev–Trinajstić information content (AvgIpc) is 2.72. The highest BCUT2D eigenvalue weighted by atomic mass is 35.5. The molecule has 90 valence electrons. The van der Waals surface area contributed by atoms with Crippen LogP contribution in [0.25, 0.3) is 5.69 Å². The molecule has 0 bridgehead atoms. The quantitative estimate of drug-likeness (QED) is 0.903. The minimum atomic E-state index is -1.16. The maximum absolute atomic E-state index is 11.2. The van der Waals surface area contributed by atoms with Crippen LogP contribution in [-0.4, -0.2) is 15.6 Å². The lowest BCUT2D eigenvalue weighted by atomic mass is 10.2. The molecule has 18 heavy (non-hydrogen) atoms. The van der Waals surface area contributed by atoms with Crippen molar-refractivity contribution >= 4 is 17.6 Å². The Labute approximate surface area is 109 Å². The van der Waals surface area contributed by atoms with E-state index in [0.29, 0.717) is 10.7 Å². The van der Waals surface area contributed by atoms with Crippen molar-refractivity contribution in [1.29, 1.82) is 5.26 Å². The molecular weight excluding hydrogens is 252 g/mol. The van der Waals surface area contributed by atoms with Gasteiger partial charge in [-0.15, -0.1) is 0 Å². The largest absolute Gasteiger partial charge is 0.477 e. The van der Waals surface area contributed by atoms with Gasteiger partial charge in [-0.1, -0.05) is 17.7 Å². The molecule has 2 rings (SSSR count). The standard InChI is InChI=1S/C13H9ClN2O2/c1-8-2-3-11(10(14)6-8)16-5-4-9(7-15)12(16)13(17)18/h2-6H,1H3,(H,17,18). The number of nitrogens with zero attached hydrogens (tertiary/aromatic N) is 2. The highest BCUT2D eigenvalue weighted by Gasteiger charge is 2.18. The van der Waals surface area contributed by atoms with Crippen molar-refractivity contribution in [3.63, 3.8) is 0 Å². The molecule has 0 spiro atoms. The molecule has 0 aliphatic carbocycles. The lowest BCUT2D eigenvalue weighted by Gasteiger charge is -2.09. The van der Waals surface area contributed by atoms with Gasteiger partial charge in [-0.3, -0.25) is 0 Å². The third kappa shape index (κ3) is 1.96. The minimum Gasteiger partial charge on any atom is -0.477 e. The number of carbonyl (C=O) groups is 1. The SMILES string of the molecule is Cc1ccc(-n2ccc(C#N)c2C(=O)O)c(Cl)c1. The summed E-state index contributed by atoms with van der Waals surface area (Å²) >= 11 is 6.10. The highest BCUT2D eigenvalue weighted by Crippen LogP contribution is 2.25. The summed E-state index contributed by atoms with van der Waals surface area (Å²) in [5.41, 5.74) is 1.55. The Morgan fingerprint density at radius 1 is 1.44 bits per heavy atom. The van der Waals surface area contributed by atoms with Crippen LogP contribution in [0.2, 0.25) is 5.02 Å². The number of halogens is 1. The molecule has 5 heteroatoms. The molecule has 0 aliphatic heterocycles. The lowest BCUT2D eigenvalue weighted by Crippen LogP contribution is -2.08. The monoisotopic (exact) mass is 260 g/mol. The Kier molecular flexibility index (Phi) is 3.09. The summed E-state index contributed by atoms with van der Waals surface area (Å²) in [6.45, 7) is 1.89. The number of benzene rings is 1. The summed E-state index contributed by atoms with van der Waals surface area (Å²) in [4.78, 5) is 11.2. The number of hydrogen-bond acceptors (Lipinski definition) is 2. The van der Waals surface area contributed by atoms with Gasteiger partial charge in [0.25, 0.3) is 0 Å². The Balaban J connectivity index is 2.69. The van der Waals surface area contributed by atoms with Gasteiger partial charge in [0.1, 0.15) is 11.8 Å². The van der Waals surface area contributed by atoms with Gasteiger partial charge in [-0.25, -0.2) is 4.79 Å². The van der Waals surface area contributed by atoms with Gasteiger partial charge in [0, 0.05) is 6.20 Å². The number of aromatic carboxylic acids is 1. The van der Waals surface area contributed by atoms with E-state index in [9.17, 15) is 4.79 Å². The van der Waals surface area contributed by atoms with Crippen molar-refractivity contribution in [2.24, 2.45) is 0 Å². The minimum absolute atomic E-state index is 0.0803. The predicted molar refractivity (Wildman–Crippen MR) is 67.2 cm³/mol. The Bertz CT molecular complexity index is 668. The summed E-state index contributed by atoms with van der Waals surface area (Å²) in [6, 6.07) is 8.62. The van der Waals surface area contributed by atoms with E-state index >= 15 is 0 Å². The zero-order valence-electron chi connectivity index (χ0n) is 9.51. The number of aryl methyl sites for hydroxylation is 1. The molecule has 0 atom stereocenters. The summed E-state index contributed by atoms with van der Waals surface area (Å²) in [7, 11) is 0. The third-order valence-electron chi connectivity index (χ3n) is 2.57. The van der Waals surface area contributed by atoms with Gasteiger partial charge >= 0.3 is 5.97 Å². The van der Waals surface area contributed by atoms with E-state index in [1.165, 1.54) is 16.8 Å². The van der Waals surface area contributed by atoms with Crippen molar-refractivity contribution < 1.29 is 9.90 Å². The normalized spacial score (nSPS) is 10.1. The summed E-state index contributed by atoms with van der Waals surface area (Å²) in [5.74, 6) is -1.16. The van der Waals surface area contributed by atoms with Gasteiger partial charge in [-0.2, -0.15) is 5.26 Å². The molecular formula is C13H9ClN2O2. The van der Waals surface area contributed by atoms with E-state index in [4.69, 9.17) is 22.0 Å². The topological polar surface area (TPSA) is 66.0 Å². The number of carboxylic acid groups (broad SMARTS) is 1. The second-order valence-corrected chi connectivity index (χ2v) is 4.23. The zero-order chi connectivity index (χ0) is 13.3. The molecule has 4 nitrogen and oxygen atoms in total. The first-order valence-electron chi connectivity index (χ1n) is 5.16. The lowest BCUT2D eigenvalue weighted by molar-refractivity contribution is 0.0688. The Morgan fingerprint density at radius 3 is 2.72 bits per heavy atom. The number of nitriles is 1. The van der Waals surface area contributed by atoms with E-state index in [2.05, 4.69) is 0 Å². The fourth-order valence-electron chi connectivity index (χ4n) is 1.75. The van der Waals surface area contributed by atoms with E-state index in [0.717, 1.165) is 5.56 Å². The van der Waals surface area contributed by atoms with Crippen molar-refractivity contribution in [3.8, 4) is 11.8 Å². The van der Waals surface area contributed by atoms with E-state index in [1.807, 2.05) is 19.1 Å². The number of hydrogen-bond donors (Lipinski definition) is 1. The maximum atomic E-state index is 11.2. The Hall–Kier alpha value is -2.25. The smallest absolute Gasteiger partial charge is 0.354 e. The van der Waals surface area contributed by atoms with Gasteiger partial charge in [0.2, 0.25) is 0 Å². The van der Waals surface area contributed by atoms with E-state index in [1.54, 1.807) is 12.1 Å². The molecule has 0 saturated heterocycles. The van der Waals surface area contributed by atoms with Crippen molar-refractivity contribution in [2.45, 2.75) is 6.92 Å². The fraction of sp³-hybridized carbons (Fsp3) is 0.0769. The first-order valence-corrected chi connectivity index (χ1v) is 5.53. The number of rotatable bonds is 2. The Morgan fingerprint density at radius 2 is 2.17 bits per heavy atom. The first-order chi connectivity index (χ1) is 8.54. The maximum Gasteiger partial charge on any atom is 0.354 e. The molecule has 1 N–H and O–H groups in total. The summed E-state index contributed by atoms with van der Waals surface area (Å²) in [5, 5.41) is 18.5. The van der Waals surface area contributed by atoms with Crippen molar-refractivity contribution in [2.75, 3.05) is 0 Å². The summed E-state index contributed by atoms with van der Waals surface area (Å²) < 4.78 is 1.41. The molecule has 1 heterocycles. The van der Waals surface area contributed by atoms with Crippen LogP contribution in [-0.2, 0) is 0 Å². The number of carboxylic acids is 1. The second-order valence-electron chi connectivity index (χ2n) is 3.82. The molecule has 0 unspecified atom stereocenters. The van der Waals surface area contributed by atoms with Gasteiger partial charge in [-0.05, 0) is 30.7 Å². The van der Waals surface area contributed by atoms with Crippen molar-refractivity contribution in [1.82, 2.24) is 4.57 Å². The van der Waals surface area contributed by atoms with Crippen LogP contribution in [0.3, 0.4) is 0 Å². The first kappa shape index (κ1) is 12.2. The molecule has 1 aromatic carbocycles. The van der Waals surface area contributed by atoms with Crippen LogP contribution < -0.4 is 0 Å². The molecule has 1 aromatic heterocycles. The fourth-order valence-corrected chi connectivity index (χ4v) is 2.07. The highest BCUT2D eigenvalue weighted by molar-refractivity contribution is 6.32. The van der Waals surface area contributed by atoms with Crippen molar-refractivity contribution in [3.05, 3.63) is 52.3 Å². The zero-order valence-corrected chi connectivity index (χ0v) is 10.3. The molecule has 0 amide bonds. The van der Waals surface area contributed by atoms with Crippen LogP contribution in [0.5, 0.6) is 0 Å². The molecule has 0 radical (unpaired) electrons. The van der Waals surface area contributed by atoms with Crippen LogP contribution >= 0.6 is 11.6 Å². The van der Waals surface area contributed by atoms with E-state index in [-0.39, 0.29) is 11.3 Å². The predicted octanol–water partition coefficient (Wildman–Crippen LogP) is 3.01. The van der Waals surface area contributed by atoms with Gasteiger partial charge < -0.3 is 9.67 Å². The average molecular weight is 261 g/mol. The molecule has 0 fully saturated rings. The summed E-state index contributed by atoms with van der Waals surface area (Å²) in [6.07, 6.45) is 1.53.